The zero-order valence-corrected chi connectivity index (χ0v) is 11.1. The first-order chi connectivity index (χ1) is 8.41. The number of aryl methyl sites for hydroxylation is 1. The van der Waals surface area contributed by atoms with Gasteiger partial charge in [0, 0.05) is 12.5 Å². The van der Waals surface area contributed by atoms with E-state index in [4.69, 9.17) is 5.11 Å². The van der Waals surface area contributed by atoms with Crippen molar-refractivity contribution in [1.29, 1.82) is 0 Å². The molecule has 0 spiro atoms. The van der Waals surface area contributed by atoms with Crippen molar-refractivity contribution in [3.63, 3.8) is 0 Å². The zero-order chi connectivity index (χ0) is 13.7. The maximum atomic E-state index is 13.5. The van der Waals surface area contributed by atoms with Crippen molar-refractivity contribution < 1.29 is 14.3 Å². The standard InChI is InChI=1S/C14H20FNO2/c1-10-6-7-12(9-13(10)15)11(2)16(3)8-4-5-14(17)18/h6-7,9,11H,4-5,8H2,1-3H3,(H,17,18). The number of rotatable bonds is 6. The van der Waals surface area contributed by atoms with Crippen LogP contribution in [-0.2, 0) is 4.79 Å². The fourth-order valence-corrected chi connectivity index (χ4v) is 1.80. The summed E-state index contributed by atoms with van der Waals surface area (Å²) in [5, 5.41) is 8.58. The third-order valence-corrected chi connectivity index (χ3v) is 3.24. The van der Waals surface area contributed by atoms with Crippen molar-refractivity contribution in [2.24, 2.45) is 0 Å². The number of nitrogens with zero attached hydrogens (tertiary/aromatic N) is 1. The lowest BCUT2D eigenvalue weighted by Gasteiger charge is -2.25. The van der Waals surface area contributed by atoms with E-state index in [0.29, 0.717) is 18.5 Å². The highest BCUT2D eigenvalue weighted by atomic mass is 19.1. The first kappa shape index (κ1) is 14.6. The van der Waals surface area contributed by atoms with Crippen LogP contribution in [0.15, 0.2) is 18.2 Å². The minimum Gasteiger partial charge on any atom is -0.481 e. The second-order valence-electron chi connectivity index (χ2n) is 4.66. The van der Waals surface area contributed by atoms with E-state index in [1.165, 1.54) is 0 Å². The summed E-state index contributed by atoms with van der Waals surface area (Å²) >= 11 is 0. The molecule has 0 radical (unpaired) electrons. The number of carbonyl (C=O) groups is 1. The van der Waals surface area contributed by atoms with Gasteiger partial charge in [0.05, 0.1) is 0 Å². The molecule has 0 aromatic heterocycles. The molecule has 1 unspecified atom stereocenters. The predicted molar refractivity (Wildman–Crippen MR) is 69.1 cm³/mol. The first-order valence-electron chi connectivity index (χ1n) is 6.10. The van der Waals surface area contributed by atoms with E-state index in [9.17, 15) is 9.18 Å². The largest absolute Gasteiger partial charge is 0.481 e. The smallest absolute Gasteiger partial charge is 0.303 e. The number of aliphatic carboxylic acids is 1. The molecule has 0 aliphatic rings. The molecule has 0 fully saturated rings. The first-order valence-corrected chi connectivity index (χ1v) is 6.10. The van der Waals surface area contributed by atoms with Gasteiger partial charge in [-0.05, 0) is 51.1 Å². The molecule has 0 saturated carbocycles. The molecule has 0 saturated heterocycles. The summed E-state index contributed by atoms with van der Waals surface area (Å²) in [6, 6.07) is 5.31. The van der Waals surface area contributed by atoms with Crippen LogP contribution in [0.3, 0.4) is 0 Å². The molecule has 18 heavy (non-hydrogen) atoms. The number of hydrogen-bond donors (Lipinski definition) is 1. The topological polar surface area (TPSA) is 40.5 Å². The Morgan fingerprint density at radius 2 is 2.17 bits per heavy atom. The van der Waals surface area contributed by atoms with Gasteiger partial charge < -0.3 is 5.11 Å². The monoisotopic (exact) mass is 253 g/mol. The second kappa shape index (κ2) is 6.50. The van der Waals surface area contributed by atoms with Crippen LogP contribution in [0.2, 0.25) is 0 Å². The molecule has 0 heterocycles. The third kappa shape index (κ3) is 4.11. The van der Waals surface area contributed by atoms with E-state index < -0.39 is 5.97 Å². The van der Waals surface area contributed by atoms with Crippen LogP contribution in [0.1, 0.15) is 36.9 Å². The zero-order valence-electron chi connectivity index (χ0n) is 11.1. The van der Waals surface area contributed by atoms with E-state index in [1.54, 1.807) is 19.1 Å². The van der Waals surface area contributed by atoms with Crippen molar-refractivity contribution in [3.8, 4) is 0 Å². The van der Waals surface area contributed by atoms with Crippen molar-refractivity contribution >= 4 is 5.97 Å². The molecule has 1 N–H and O–H groups in total. The van der Waals surface area contributed by atoms with Crippen LogP contribution < -0.4 is 0 Å². The fourth-order valence-electron chi connectivity index (χ4n) is 1.80. The molecule has 0 amide bonds. The Bertz CT molecular complexity index is 420. The van der Waals surface area contributed by atoms with Gasteiger partial charge in [-0.1, -0.05) is 12.1 Å². The van der Waals surface area contributed by atoms with E-state index in [0.717, 1.165) is 5.56 Å². The highest BCUT2D eigenvalue weighted by Crippen LogP contribution is 2.21. The number of carboxylic acid groups (broad SMARTS) is 1. The summed E-state index contributed by atoms with van der Waals surface area (Å²) in [7, 11) is 1.92. The van der Waals surface area contributed by atoms with Gasteiger partial charge in [0.15, 0.2) is 0 Å². The predicted octanol–water partition coefficient (Wildman–Crippen LogP) is 2.99. The lowest BCUT2D eigenvalue weighted by atomic mass is 10.0. The molecule has 0 aliphatic heterocycles. The number of benzene rings is 1. The maximum Gasteiger partial charge on any atom is 0.303 e. The Morgan fingerprint density at radius 1 is 1.50 bits per heavy atom. The normalized spacial score (nSPS) is 12.7. The molecule has 1 aromatic rings. The molecule has 3 nitrogen and oxygen atoms in total. The Labute approximate surface area is 107 Å². The molecular weight excluding hydrogens is 233 g/mol. The van der Waals surface area contributed by atoms with E-state index in [1.807, 2.05) is 24.9 Å². The molecule has 1 aromatic carbocycles. The van der Waals surface area contributed by atoms with Gasteiger partial charge >= 0.3 is 5.97 Å². The van der Waals surface area contributed by atoms with Gasteiger partial charge in [-0.2, -0.15) is 0 Å². The highest BCUT2D eigenvalue weighted by molar-refractivity contribution is 5.66. The van der Waals surface area contributed by atoms with Gasteiger partial charge in [0.1, 0.15) is 5.82 Å². The van der Waals surface area contributed by atoms with E-state index in [2.05, 4.69) is 0 Å². The van der Waals surface area contributed by atoms with Crippen molar-refractivity contribution in [2.75, 3.05) is 13.6 Å². The van der Waals surface area contributed by atoms with Crippen LogP contribution >= 0.6 is 0 Å². The molecule has 100 valence electrons. The molecule has 1 rings (SSSR count). The number of hydrogen-bond acceptors (Lipinski definition) is 2. The fraction of sp³-hybridized carbons (Fsp3) is 0.500. The summed E-state index contributed by atoms with van der Waals surface area (Å²) in [5.74, 6) is -0.976. The molecule has 1 atom stereocenters. The molecular formula is C14H20FNO2. The lowest BCUT2D eigenvalue weighted by molar-refractivity contribution is -0.137. The van der Waals surface area contributed by atoms with Gasteiger partial charge in [-0.25, -0.2) is 4.39 Å². The SMILES string of the molecule is Cc1ccc(C(C)N(C)CCCC(=O)O)cc1F. The maximum absolute atomic E-state index is 13.5. The third-order valence-electron chi connectivity index (χ3n) is 3.24. The minimum absolute atomic E-state index is 0.0777. The highest BCUT2D eigenvalue weighted by Gasteiger charge is 2.13. The van der Waals surface area contributed by atoms with Crippen LogP contribution in [0.4, 0.5) is 4.39 Å². The van der Waals surface area contributed by atoms with Crippen molar-refractivity contribution in [1.82, 2.24) is 4.90 Å². The summed E-state index contributed by atoms with van der Waals surface area (Å²) in [5.41, 5.74) is 1.55. The minimum atomic E-state index is -0.780. The lowest BCUT2D eigenvalue weighted by Crippen LogP contribution is -2.24. The van der Waals surface area contributed by atoms with Crippen LogP contribution in [0.5, 0.6) is 0 Å². The van der Waals surface area contributed by atoms with Gasteiger partial charge in [0.2, 0.25) is 0 Å². The van der Waals surface area contributed by atoms with Gasteiger partial charge in [0.25, 0.3) is 0 Å². The second-order valence-corrected chi connectivity index (χ2v) is 4.66. The summed E-state index contributed by atoms with van der Waals surface area (Å²) in [6.45, 7) is 4.41. The quantitative estimate of drug-likeness (QED) is 0.847. The number of carboxylic acids is 1. The average Bonchev–Trinajstić information content (AvgIpc) is 2.31. The van der Waals surface area contributed by atoms with E-state index in [-0.39, 0.29) is 18.3 Å². The Hall–Kier alpha value is -1.42. The van der Waals surface area contributed by atoms with Crippen LogP contribution in [0.25, 0.3) is 0 Å². The number of halogens is 1. The van der Waals surface area contributed by atoms with Crippen molar-refractivity contribution in [3.05, 3.63) is 35.1 Å². The average molecular weight is 253 g/mol. The summed E-state index contributed by atoms with van der Waals surface area (Å²) in [6.07, 6.45) is 0.768. The molecule has 0 bridgehead atoms. The summed E-state index contributed by atoms with van der Waals surface area (Å²) in [4.78, 5) is 12.5. The van der Waals surface area contributed by atoms with E-state index >= 15 is 0 Å². The molecule has 0 aliphatic carbocycles. The van der Waals surface area contributed by atoms with Gasteiger partial charge in [-0.15, -0.1) is 0 Å². The van der Waals surface area contributed by atoms with Crippen LogP contribution in [-0.4, -0.2) is 29.6 Å². The van der Waals surface area contributed by atoms with Crippen molar-refractivity contribution in [2.45, 2.75) is 32.7 Å². The Balaban J connectivity index is 2.59. The Kier molecular flexibility index (Phi) is 5.28. The molecule has 4 heteroatoms. The van der Waals surface area contributed by atoms with Crippen LogP contribution in [0, 0.1) is 12.7 Å². The Morgan fingerprint density at radius 3 is 2.72 bits per heavy atom. The van der Waals surface area contributed by atoms with Gasteiger partial charge in [-0.3, -0.25) is 9.69 Å². The summed E-state index contributed by atoms with van der Waals surface area (Å²) < 4.78 is 13.5.